The molecule has 1 aromatic heterocycles. The summed E-state index contributed by atoms with van der Waals surface area (Å²) in [6.07, 6.45) is 3.27. The standard InChI is InChI=1S/C11H21N3/c1-8(2)6-11(12-4)10-7-14(5)13-9(10)3/h7-8,11-12H,6H2,1-5H3. The van der Waals surface area contributed by atoms with Gasteiger partial charge in [-0.2, -0.15) is 5.10 Å². The van der Waals surface area contributed by atoms with Crippen molar-refractivity contribution in [2.75, 3.05) is 7.05 Å². The van der Waals surface area contributed by atoms with Crippen molar-refractivity contribution >= 4 is 0 Å². The van der Waals surface area contributed by atoms with Gasteiger partial charge in [0, 0.05) is 24.8 Å². The molecule has 14 heavy (non-hydrogen) atoms. The Labute approximate surface area is 86.5 Å². The molecule has 1 unspecified atom stereocenters. The predicted octanol–water partition coefficient (Wildman–Crippen LogP) is 2.04. The van der Waals surface area contributed by atoms with Crippen molar-refractivity contribution in [3.63, 3.8) is 0 Å². The van der Waals surface area contributed by atoms with Gasteiger partial charge in [0.15, 0.2) is 0 Å². The van der Waals surface area contributed by atoms with E-state index in [4.69, 9.17) is 0 Å². The van der Waals surface area contributed by atoms with Gasteiger partial charge in [0.2, 0.25) is 0 Å². The maximum absolute atomic E-state index is 4.36. The molecule has 0 aliphatic carbocycles. The fourth-order valence-corrected chi connectivity index (χ4v) is 1.83. The Kier molecular flexibility index (Phi) is 3.69. The summed E-state index contributed by atoms with van der Waals surface area (Å²) in [7, 11) is 3.98. The molecule has 0 aliphatic heterocycles. The molecular weight excluding hydrogens is 174 g/mol. The third-order valence-electron chi connectivity index (χ3n) is 2.48. The van der Waals surface area contributed by atoms with Crippen LogP contribution in [0.15, 0.2) is 6.20 Å². The van der Waals surface area contributed by atoms with E-state index in [1.807, 2.05) is 18.8 Å². The van der Waals surface area contributed by atoms with E-state index in [1.165, 1.54) is 5.56 Å². The molecule has 1 N–H and O–H groups in total. The summed E-state index contributed by atoms with van der Waals surface area (Å²) in [6, 6.07) is 0.434. The average molecular weight is 195 g/mol. The third kappa shape index (κ3) is 2.58. The minimum absolute atomic E-state index is 0.434. The van der Waals surface area contributed by atoms with Crippen molar-refractivity contribution in [1.82, 2.24) is 15.1 Å². The molecule has 1 heterocycles. The summed E-state index contributed by atoms with van der Waals surface area (Å²) in [5.41, 5.74) is 2.45. The van der Waals surface area contributed by atoms with Gasteiger partial charge in [0.1, 0.15) is 0 Å². The van der Waals surface area contributed by atoms with Crippen LogP contribution in [0, 0.1) is 12.8 Å². The summed E-state index contributed by atoms with van der Waals surface area (Å²) < 4.78 is 1.88. The highest BCUT2D eigenvalue weighted by atomic mass is 15.3. The first-order chi connectivity index (χ1) is 6.54. The molecule has 0 amide bonds. The molecule has 3 nitrogen and oxygen atoms in total. The van der Waals surface area contributed by atoms with E-state index >= 15 is 0 Å². The van der Waals surface area contributed by atoms with Crippen molar-refractivity contribution in [3.05, 3.63) is 17.5 Å². The Hall–Kier alpha value is -0.830. The zero-order valence-corrected chi connectivity index (χ0v) is 9.83. The lowest BCUT2D eigenvalue weighted by molar-refractivity contribution is 0.455. The van der Waals surface area contributed by atoms with E-state index in [0.29, 0.717) is 12.0 Å². The predicted molar refractivity (Wildman–Crippen MR) is 59.2 cm³/mol. The average Bonchev–Trinajstić information content (AvgIpc) is 2.41. The number of aromatic nitrogens is 2. The van der Waals surface area contributed by atoms with E-state index in [-0.39, 0.29) is 0 Å². The van der Waals surface area contributed by atoms with Crippen LogP contribution < -0.4 is 5.32 Å². The van der Waals surface area contributed by atoms with Crippen LogP contribution in [0.4, 0.5) is 0 Å². The molecule has 0 fully saturated rings. The number of hydrogen-bond acceptors (Lipinski definition) is 2. The Morgan fingerprint density at radius 2 is 2.14 bits per heavy atom. The van der Waals surface area contributed by atoms with Gasteiger partial charge in [0.25, 0.3) is 0 Å². The SMILES string of the molecule is CNC(CC(C)C)c1cn(C)nc1C. The second-order valence-corrected chi connectivity index (χ2v) is 4.31. The zero-order chi connectivity index (χ0) is 10.7. The number of nitrogens with zero attached hydrogens (tertiary/aromatic N) is 2. The van der Waals surface area contributed by atoms with Crippen LogP contribution in [-0.2, 0) is 7.05 Å². The smallest absolute Gasteiger partial charge is 0.0641 e. The molecule has 3 heteroatoms. The van der Waals surface area contributed by atoms with Gasteiger partial charge in [-0.05, 0) is 26.3 Å². The molecule has 0 aliphatic rings. The molecule has 80 valence electrons. The summed E-state index contributed by atoms with van der Waals surface area (Å²) in [5, 5.41) is 7.71. The lowest BCUT2D eigenvalue weighted by atomic mass is 9.98. The highest BCUT2D eigenvalue weighted by Crippen LogP contribution is 2.22. The van der Waals surface area contributed by atoms with Gasteiger partial charge < -0.3 is 5.32 Å². The molecule has 1 rings (SSSR count). The number of rotatable bonds is 4. The van der Waals surface area contributed by atoms with Crippen LogP contribution in [-0.4, -0.2) is 16.8 Å². The van der Waals surface area contributed by atoms with E-state index in [9.17, 15) is 0 Å². The highest BCUT2D eigenvalue weighted by Gasteiger charge is 2.15. The van der Waals surface area contributed by atoms with E-state index in [2.05, 4.69) is 37.4 Å². The molecule has 0 spiro atoms. The molecule has 0 bridgehead atoms. The van der Waals surface area contributed by atoms with Gasteiger partial charge in [-0.15, -0.1) is 0 Å². The quantitative estimate of drug-likeness (QED) is 0.796. The minimum atomic E-state index is 0.434. The second-order valence-electron chi connectivity index (χ2n) is 4.31. The van der Waals surface area contributed by atoms with Gasteiger partial charge in [-0.25, -0.2) is 0 Å². The molecule has 1 atom stereocenters. The van der Waals surface area contributed by atoms with Crippen LogP contribution in [0.1, 0.15) is 37.6 Å². The third-order valence-corrected chi connectivity index (χ3v) is 2.48. The summed E-state index contributed by atoms with van der Waals surface area (Å²) in [6.45, 7) is 6.56. The number of nitrogens with one attached hydrogen (secondary N) is 1. The van der Waals surface area contributed by atoms with Crippen LogP contribution in [0.5, 0.6) is 0 Å². The van der Waals surface area contributed by atoms with E-state index in [1.54, 1.807) is 0 Å². The van der Waals surface area contributed by atoms with E-state index in [0.717, 1.165) is 12.1 Å². The lowest BCUT2D eigenvalue weighted by Crippen LogP contribution is -2.18. The van der Waals surface area contributed by atoms with Crippen molar-refractivity contribution < 1.29 is 0 Å². The molecule has 0 saturated carbocycles. The Morgan fingerprint density at radius 3 is 2.50 bits per heavy atom. The first kappa shape index (κ1) is 11.2. The van der Waals surface area contributed by atoms with Crippen LogP contribution >= 0.6 is 0 Å². The Morgan fingerprint density at radius 1 is 1.50 bits per heavy atom. The van der Waals surface area contributed by atoms with Gasteiger partial charge >= 0.3 is 0 Å². The maximum Gasteiger partial charge on any atom is 0.0641 e. The molecule has 0 saturated heterocycles. The van der Waals surface area contributed by atoms with Crippen molar-refractivity contribution in [2.45, 2.75) is 33.2 Å². The summed E-state index contributed by atoms with van der Waals surface area (Å²) in [5.74, 6) is 0.701. The summed E-state index contributed by atoms with van der Waals surface area (Å²) in [4.78, 5) is 0. The topological polar surface area (TPSA) is 29.9 Å². The lowest BCUT2D eigenvalue weighted by Gasteiger charge is -2.17. The van der Waals surface area contributed by atoms with Gasteiger partial charge in [-0.3, -0.25) is 4.68 Å². The second kappa shape index (κ2) is 4.60. The highest BCUT2D eigenvalue weighted by molar-refractivity contribution is 5.19. The molecule has 1 aromatic rings. The minimum Gasteiger partial charge on any atom is -0.313 e. The van der Waals surface area contributed by atoms with Gasteiger partial charge in [-0.1, -0.05) is 13.8 Å². The number of aryl methyl sites for hydroxylation is 2. The largest absolute Gasteiger partial charge is 0.313 e. The Balaban J connectivity index is 2.83. The molecule has 0 radical (unpaired) electrons. The summed E-state index contributed by atoms with van der Waals surface area (Å²) >= 11 is 0. The van der Waals surface area contributed by atoms with Crippen molar-refractivity contribution in [2.24, 2.45) is 13.0 Å². The van der Waals surface area contributed by atoms with Crippen LogP contribution in [0.25, 0.3) is 0 Å². The van der Waals surface area contributed by atoms with Crippen LogP contribution in [0.3, 0.4) is 0 Å². The normalized spacial score (nSPS) is 13.6. The zero-order valence-electron chi connectivity index (χ0n) is 9.83. The first-order valence-corrected chi connectivity index (χ1v) is 5.22. The molecule has 0 aromatic carbocycles. The maximum atomic E-state index is 4.36. The monoisotopic (exact) mass is 195 g/mol. The van der Waals surface area contributed by atoms with Crippen LogP contribution in [0.2, 0.25) is 0 Å². The fourth-order valence-electron chi connectivity index (χ4n) is 1.83. The van der Waals surface area contributed by atoms with Gasteiger partial charge in [0.05, 0.1) is 5.69 Å². The van der Waals surface area contributed by atoms with Crippen molar-refractivity contribution in [3.8, 4) is 0 Å². The fraction of sp³-hybridized carbons (Fsp3) is 0.727. The van der Waals surface area contributed by atoms with Crippen molar-refractivity contribution in [1.29, 1.82) is 0 Å². The molecular formula is C11H21N3. The number of hydrogen-bond donors (Lipinski definition) is 1. The first-order valence-electron chi connectivity index (χ1n) is 5.22. The Bertz CT molecular complexity index is 289. The van der Waals surface area contributed by atoms with E-state index < -0.39 is 0 Å².